The Hall–Kier alpha value is -2.95. The van der Waals surface area contributed by atoms with Crippen LogP contribution >= 0.6 is 22.9 Å². The van der Waals surface area contributed by atoms with Crippen LogP contribution in [0, 0.1) is 0 Å². The summed E-state index contributed by atoms with van der Waals surface area (Å²) in [7, 11) is -3.78. The summed E-state index contributed by atoms with van der Waals surface area (Å²) >= 11 is 7.25. The Labute approximate surface area is 187 Å². The second-order valence-electron chi connectivity index (χ2n) is 6.73. The molecule has 0 radical (unpaired) electrons. The molecule has 160 valence electrons. The highest BCUT2D eigenvalue weighted by atomic mass is 35.5. The molecule has 0 spiro atoms. The molecule has 0 atom stereocenters. The number of amides is 2. The lowest BCUT2D eigenvalue weighted by molar-refractivity contribution is -0.117. The highest BCUT2D eigenvalue weighted by Crippen LogP contribution is 2.29. The molecule has 3 aromatic rings. The fraction of sp³-hybridized carbons (Fsp3) is 0.150. The van der Waals surface area contributed by atoms with Gasteiger partial charge >= 0.3 is 0 Å². The maximum Gasteiger partial charge on any atom is 0.263 e. The highest BCUT2D eigenvalue weighted by molar-refractivity contribution is 7.93. The number of hydrogen-bond donors (Lipinski definition) is 2. The first-order chi connectivity index (χ1) is 14.8. The first-order valence-corrected chi connectivity index (χ1v) is 12.0. The third-order valence-corrected chi connectivity index (χ3v) is 7.05. The molecule has 1 aliphatic rings. The van der Waals surface area contributed by atoms with Gasteiger partial charge in [0.05, 0.1) is 16.1 Å². The Morgan fingerprint density at radius 3 is 2.58 bits per heavy atom. The molecule has 4 rings (SSSR count). The summed E-state index contributed by atoms with van der Waals surface area (Å²) in [6.45, 7) is 0.526. The van der Waals surface area contributed by atoms with E-state index in [4.69, 9.17) is 11.6 Å². The van der Waals surface area contributed by atoms with E-state index in [0.717, 1.165) is 6.42 Å². The molecule has 0 aliphatic carbocycles. The van der Waals surface area contributed by atoms with E-state index in [-0.39, 0.29) is 15.9 Å². The van der Waals surface area contributed by atoms with Gasteiger partial charge in [0.2, 0.25) is 5.91 Å². The van der Waals surface area contributed by atoms with Crippen LogP contribution in [0.1, 0.15) is 23.2 Å². The van der Waals surface area contributed by atoms with Gasteiger partial charge in [-0.25, -0.2) is 13.4 Å². The van der Waals surface area contributed by atoms with Crippen LogP contribution in [0.15, 0.2) is 58.9 Å². The van der Waals surface area contributed by atoms with E-state index in [0.29, 0.717) is 34.9 Å². The Morgan fingerprint density at radius 1 is 1.16 bits per heavy atom. The van der Waals surface area contributed by atoms with Gasteiger partial charge in [-0.3, -0.25) is 14.3 Å². The summed E-state index contributed by atoms with van der Waals surface area (Å²) in [5.41, 5.74) is 1.17. The van der Waals surface area contributed by atoms with Gasteiger partial charge in [-0.2, -0.15) is 0 Å². The number of carbonyl (C=O) groups excluding carboxylic acids is 2. The number of nitrogens with zero attached hydrogens (tertiary/aromatic N) is 2. The van der Waals surface area contributed by atoms with Gasteiger partial charge in [-0.05, 0) is 48.9 Å². The summed E-state index contributed by atoms with van der Waals surface area (Å²) in [6.07, 6.45) is 2.65. The Bertz CT molecular complexity index is 1230. The topological polar surface area (TPSA) is 108 Å². The van der Waals surface area contributed by atoms with E-state index in [1.165, 1.54) is 41.8 Å². The highest BCUT2D eigenvalue weighted by Gasteiger charge is 2.26. The summed E-state index contributed by atoms with van der Waals surface area (Å²) in [6, 6.07) is 10.5. The number of rotatable bonds is 6. The number of anilines is 3. The van der Waals surface area contributed by atoms with Gasteiger partial charge in [0.15, 0.2) is 5.13 Å². The molecule has 1 fully saturated rings. The van der Waals surface area contributed by atoms with Crippen molar-refractivity contribution in [2.24, 2.45) is 0 Å². The van der Waals surface area contributed by atoms with E-state index >= 15 is 0 Å². The number of aromatic nitrogens is 1. The smallest absolute Gasteiger partial charge is 0.263 e. The van der Waals surface area contributed by atoms with Crippen LogP contribution in [0.2, 0.25) is 5.02 Å². The van der Waals surface area contributed by atoms with Gasteiger partial charge in [0.1, 0.15) is 0 Å². The molecule has 2 N–H and O–H groups in total. The zero-order valence-electron chi connectivity index (χ0n) is 16.0. The molecule has 31 heavy (non-hydrogen) atoms. The molecule has 11 heteroatoms. The lowest BCUT2D eigenvalue weighted by Gasteiger charge is -2.20. The molecule has 1 aliphatic heterocycles. The van der Waals surface area contributed by atoms with Crippen molar-refractivity contribution in [1.82, 2.24) is 4.98 Å². The lowest BCUT2D eigenvalue weighted by atomic mass is 10.1. The predicted octanol–water partition coefficient (Wildman–Crippen LogP) is 3.98. The summed E-state index contributed by atoms with van der Waals surface area (Å²) in [5, 5.41) is 5.09. The normalized spacial score (nSPS) is 14.0. The maximum absolute atomic E-state index is 12.9. The van der Waals surface area contributed by atoms with Gasteiger partial charge < -0.3 is 10.2 Å². The zero-order chi connectivity index (χ0) is 22.0. The van der Waals surface area contributed by atoms with Crippen LogP contribution in [-0.2, 0) is 14.8 Å². The molecule has 8 nitrogen and oxygen atoms in total. The van der Waals surface area contributed by atoms with Crippen LogP contribution in [0.4, 0.5) is 16.5 Å². The average Bonchev–Trinajstić information content (AvgIpc) is 3.39. The van der Waals surface area contributed by atoms with E-state index in [2.05, 4.69) is 15.0 Å². The number of benzene rings is 2. The minimum absolute atomic E-state index is 0.0375. The van der Waals surface area contributed by atoms with Gasteiger partial charge in [-0.1, -0.05) is 11.6 Å². The van der Waals surface area contributed by atoms with Crippen LogP contribution in [0.25, 0.3) is 0 Å². The monoisotopic (exact) mass is 476 g/mol. The largest absolute Gasteiger partial charge is 0.322 e. The number of halogens is 1. The van der Waals surface area contributed by atoms with E-state index in [1.807, 2.05) is 0 Å². The van der Waals surface area contributed by atoms with E-state index < -0.39 is 15.9 Å². The molecule has 0 unspecified atom stereocenters. The van der Waals surface area contributed by atoms with Gasteiger partial charge in [0, 0.05) is 35.3 Å². The molecule has 2 aromatic carbocycles. The van der Waals surface area contributed by atoms with Crippen molar-refractivity contribution in [3.63, 3.8) is 0 Å². The Balaban J connectivity index is 1.53. The second kappa shape index (κ2) is 8.66. The van der Waals surface area contributed by atoms with Gasteiger partial charge in [0.25, 0.3) is 15.9 Å². The third kappa shape index (κ3) is 4.71. The number of hydrogen-bond acceptors (Lipinski definition) is 6. The second-order valence-corrected chi connectivity index (χ2v) is 9.75. The Morgan fingerprint density at radius 2 is 1.94 bits per heavy atom. The van der Waals surface area contributed by atoms with Crippen LogP contribution in [0.5, 0.6) is 0 Å². The lowest BCUT2D eigenvalue weighted by Crippen LogP contribution is -2.27. The van der Waals surface area contributed by atoms with Crippen LogP contribution in [-0.4, -0.2) is 31.8 Å². The summed E-state index contributed by atoms with van der Waals surface area (Å²) in [4.78, 5) is 30.5. The van der Waals surface area contributed by atoms with E-state index in [1.54, 1.807) is 28.5 Å². The third-order valence-electron chi connectivity index (χ3n) is 4.65. The van der Waals surface area contributed by atoms with Crippen molar-refractivity contribution >= 4 is 61.3 Å². The van der Waals surface area contributed by atoms with Crippen LogP contribution < -0.4 is 14.9 Å². The molecule has 0 bridgehead atoms. The van der Waals surface area contributed by atoms with E-state index in [9.17, 15) is 18.0 Å². The number of carbonyl (C=O) groups is 2. The quantitative estimate of drug-likeness (QED) is 0.559. The SMILES string of the molecule is O=C(Nc1ccc(S(=O)(=O)Nc2nccs2)cc1)c1ccc(Cl)cc1N1CCCC1=O. The number of nitrogens with one attached hydrogen (secondary N) is 2. The first kappa shape index (κ1) is 21.3. The fourth-order valence-electron chi connectivity index (χ4n) is 3.19. The van der Waals surface area contributed by atoms with Crippen molar-refractivity contribution in [2.75, 3.05) is 21.5 Å². The Kier molecular flexibility index (Phi) is 5.94. The molecule has 2 heterocycles. The van der Waals surface area contributed by atoms with Crippen molar-refractivity contribution in [3.8, 4) is 0 Å². The summed E-state index contributed by atoms with van der Waals surface area (Å²) < 4.78 is 27.2. The molecular formula is C20H17ClN4O4S2. The van der Waals surface area contributed by atoms with Crippen LogP contribution in [0.3, 0.4) is 0 Å². The van der Waals surface area contributed by atoms with Crippen molar-refractivity contribution < 1.29 is 18.0 Å². The minimum atomic E-state index is -3.78. The first-order valence-electron chi connectivity index (χ1n) is 9.27. The zero-order valence-corrected chi connectivity index (χ0v) is 18.4. The van der Waals surface area contributed by atoms with Crippen molar-refractivity contribution in [2.45, 2.75) is 17.7 Å². The number of thiazole rings is 1. The molecule has 1 saturated heterocycles. The fourth-order valence-corrected chi connectivity index (χ4v) is 5.14. The van der Waals surface area contributed by atoms with Gasteiger partial charge in [-0.15, -0.1) is 11.3 Å². The molecule has 1 aromatic heterocycles. The molecular weight excluding hydrogens is 460 g/mol. The molecule has 2 amide bonds. The van der Waals surface area contributed by atoms with Crippen molar-refractivity contribution in [1.29, 1.82) is 0 Å². The standard InChI is InChI=1S/C20H17ClN4O4S2/c21-13-3-8-16(17(12-13)25-10-1-2-18(25)26)19(27)23-14-4-6-15(7-5-14)31(28,29)24-20-22-9-11-30-20/h3-9,11-12H,1-2,10H2,(H,22,24)(H,23,27). The maximum atomic E-state index is 12.9. The average molecular weight is 477 g/mol. The molecule has 0 saturated carbocycles. The minimum Gasteiger partial charge on any atom is -0.322 e. The van der Waals surface area contributed by atoms with Crippen molar-refractivity contribution in [3.05, 3.63) is 64.6 Å². The predicted molar refractivity (Wildman–Crippen MR) is 120 cm³/mol. The number of sulfonamides is 1. The summed E-state index contributed by atoms with van der Waals surface area (Å²) in [5.74, 6) is -0.485.